The number of hydrogen-bond donors (Lipinski definition) is 1. The monoisotopic (exact) mass is 278 g/mol. The van der Waals surface area contributed by atoms with Crippen molar-refractivity contribution >= 4 is 29.2 Å². The lowest BCUT2D eigenvalue weighted by molar-refractivity contribution is 1.14. The summed E-state index contributed by atoms with van der Waals surface area (Å²) in [6.07, 6.45) is 1.91. The van der Waals surface area contributed by atoms with Crippen molar-refractivity contribution in [2.75, 3.05) is 11.9 Å². The van der Waals surface area contributed by atoms with Crippen LogP contribution in [0.1, 0.15) is 12.5 Å². The highest BCUT2D eigenvalue weighted by molar-refractivity contribution is 7.98. The summed E-state index contributed by atoms with van der Waals surface area (Å²) in [6, 6.07) is 12.0. The van der Waals surface area contributed by atoms with Crippen molar-refractivity contribution in [3.63, 3.8) is 0 Å². The Morgan fingerprint density at radius 2 is 2.17 bits per heavy atom. The molecule has 2 nitrogen and oxygen atoms in total. The van der Waals surface area contributed by atoms with Crippen LogP contribution in [0.25, 0.3) is 0 Å². The van der Waals surface area contributed by atoms with Gasteiger partial charge in [0.05, 0.1) is 0 Å². The molecule has 18 heavy (non-hydrogen) atoms. The maximum atomic E-state index is 5.95. The van der Waals surface area contributed by atoms with Crippen molar-refractivity contribution in [1.82, 2.24) is 4.98 Å². The lowest BCUT2D eigenvalue weighted by atomic mass is 10.3. The molecular weight excluding hydrogens is 264 g/mol. The fourth-order valence-electron chi connectivity index (χ4n) is 1.52. The van der Waals surface area contributed by atoms with Crippen LogP contribution in [0.15, 0.2) is 47.5 Å². The molecule has 2 rings (SSSR count). The zero-order valence-electron chi connectivity index (χ0n) is 10.2. The predicted octanol–water partition coefficient (Wildman–Crippen LogP) is 4.46. The highest BCUT2D eigenvalue weighted by Gasteiger charge is 1.98. The number of nitrogens with zero attached hydrogens (tertiary/aromatic N) is 1. The number of aromatic nitrogens is 1. The highest BCUT2D eigenvalue weighted by atomic mass is 35.5. The number of thioether (sulfide) groups is 1. The molecule has 0 atom stereocenters. The van der Waals surface area contributed by atoms with Gasteiger partial charge in [-0.1, -0.05) is 23.7 Å². The molecule has 1 aromatic heterocycles. The molecule has 0 unspecified atom stereocenters. The standard InChI is InChI=1S/C14H15ClN2S/c1-2-16-14-7-6-11(9-17-14)10-18-13-5-3-4-12(15)8-13/h3-9H,2,10H2,1H3,(H,16,17). The van der Waals surface area contributed by atoms with Gasteiger partial charge in [0, 0.05) is 28.4 Å². The molecule has 0 saturated carbocycles. The van der Waals surface area contributed by atoms with Gasteiger partial charge in [-0.3, -0.25) is 0 Å². The Bertz CT molecular complexity index is 499. The Balaban J connectivity index is 1.93. The minimum absolute atomic E-state index is 0.778. The number of anilines is 1. The third kappa shape index (κ3) is 3.93. The lowest BCUT2D eigenvalue weighted by Gasteiger charge is -2.04. The molecule has 0 aliphatic rings. The molecule has 0 amide bonds. The molecule has 0 radical (unpaired) electrons. The van der Waals surface area contributed by atoms with Crippen molar-refractivity contribution in [1.29, 1.82) is 0 Å². The van der Waals surface area contributed by atoms with Crippen LogP contribution in [0, 0.1) is 0 Å². The molecule has 0 bridgehead atoms. The summed E-state index contributed by atoms with van der Waals surface area (Å²) in [6.45, 7) is 2.95. The molecule has 94 valence electrons. The zero-order chi connectivity index (χ0) is 12.8. The molecule has 1 aromatic carbocycles. The van der Waals surface area contributed by atoms with Gasteiger partial charge >= 0.3 is 0 Å². The smallest absolute Gasteiger partial charge is 0.125 e. The Morgan fingerprint density at radius 1 is 1.28 bits per heavy atom. The maximum Gasteiger partial charge on any atom is 0.125 e. The van der Waals surface area contributed by atoms with E-state index >= 15 is 0 Å². The first-order chi connectivity index (χ1) is 8.78. The van der Waals surface area contributed by atoms with Crippen molar-refractivity contribution in [3.05, 3.63) is 53.2 Å². The number of halogens is 1. The molecule has 0 aliphatic carbocycles. The number of hydrogen-bond acceptors (Lipinski definition) is 3. The van der Waals surface area contributed by atoms with Crippen molar-refractivity contribution in [2.45, 2.75) is 17.6 Å². The van der Waals surface area contributed by atoms with Gasteiger partial charge in [-0.2, -0.15) is 0 Å². The van der Waals surface area contributed by atoms with Gasteiger partial charge in [-0.15, -0.1) is 11.8 Å². The van der Waals surface area contributed by atoms with E-state index in [1.54, 1.807) is 11.8 Å². The highest BCUT2D eigenvalue weighted by Crippen LogP contribution is 2.25. The van der Waals surface area contributed by atoms with Gasteiger partial charge in [0.15, 0.2) is 0 Å². The van der Waals surface area contributed by atoms with Gasteiger partial charge in [-0.25, -0.2) is 4.98 Å². The Hall–Kier alpha value is -1.19. The minimum atomic E-state index is 0.778. The normalized spacial score (nSPS) is 10.3. The Morgan fingerprint density at radius 3 is 2.83 bits per heavy atom. The summed E-state index contributed by atoms with van der Waals surface area (Å²) < 4.78 is 0. The summed E-state index contributed by atoms with van der Waals surface area (Å²) in [7, 11) is 0. The van der Waals surface area contributed by atoms with Crippen molar-refractivity contribution < 1.29 is 0 Å². The quantitative estimate of drug-likeness (QED) is 0.818. The third-order valence-electron chi connectivity index (χ3n) is 2.38. The van der Waals surface area contributed by atoms with E-state index in [9.17, 15) is 0 Å². The van der Waals surface area contributed by atoms with Crippen LogP contribution in [-0.4, -0.2) is 11.5 Å². The second kappa shape index (κ2) is 6.66. The number of nitrogens with one attached hydrogen (secondary N) is 1. The molecule has 0 saturated heterocycles. The fraction of sp³-hybridized carbons (Fsp3) is 0.214. The molecular formula is C14H15ClN2S. The lowest BCUT2D eigenvalue weighted by Crippen LogP contribution is -1.98. The van der Waals surface area contributed by atoms with Gasteiger partial charge < -0.3 is 5.32 Å². The zero-order valence-corrected chi connectivity index (χ0v) is 11.8. The van der Waals surface area contributed by atoms with Gasteiger partial charge in [0.25, 0.3) is 0 Å². The van der Waals surface area contributed by atoms with E-state index in [0.29, 0.717) is 0 Å². The van der Waals surface area contributed by atoms with Gasteiger partial charge in [0.1, 0.15) is 5.82 Å². The van der Waals surface area contributed by atoms with E-state index in [0.717, 1.165) is 23.1 Å². The summed E-state index contributed by atoms with van der Waals surface area (Å²) >= 11 is 7.71. The van der Waals surface area contributed by atoms with Crippen LogP contribution in [0.4, 0.5) is 5.82 Å². The largest absolute Gasteiger partial charge is 0.370 e. The summed E-state index contributed by atoms with van der Waals surface area (Å²) in [5, 5.41) is 3.96. The minimum Gasteiger partial charge on any atom is -0.370 e. The maximum absolute atomic E-state index is 5.95. The van der Waals surface area contributed by atoms with E-state index in [-0.39, 0.29) is 0 Å². The molecule has 0 aliphatic heterocycles. The fourth-order valence-corrected chi connectivity index (χ4v) is 2.66. The van der Waals surface area contributed by atoms with Crippen LogP contribution < -0.4 is 5.32 Å². The van der Waals surface area contributed by atoms with E-state index in [1.165, 1.54) is 10.5 Å². The average Bonchev–Trinajstić information content (AvgIpc) is 2.38. The van der Waals surface area contributed by atoms with E-state index in [2.05, 4.69) is 29.4 Å². The molecule has 0 fully saturated rings. The Kier molecular flexibility index (Phi) is 4.90. The first-order valence-electron chi connectivity index (χ1n) is 5.85. The van der Waals surface area contributed by atoms with Crippen LogP contribution in [0.3, 0.4) is 0 Å². The van der Waals surface area contributed by atoms with Crippen LogP contribution in [-0.2, 0) is 5.75 Å². The number of benzene rings is 1. The van der Waals surface area contributed by atoms with Gasteiger partial charge in [0.2, 0.25) is 0 Å². The van der Waals surface area contributed by atoms with E-state index in [1.807, 2.05) is 30.5 Å². The molecule has 0 spiro atoms. The predicted molar refractivity (Wildman–Crippen MR) is 79.4 cm³/mol. The summed E-state index contributed by atoms with van der Waals surface area (Å²) in [5.74, 6) is 1.83. The van der Waals surface area contributed by atoms with Crippen LogP contribution in [0.5, 0.6) is 0 Å². The van der Waals surface area contributed by atoms with Crippen molar-refractivity contribution in [2.24, 2.45) is 0 Å². The summed E-state index contributed by atoms with van der Waals surface area (Å²) in [5.41, 5.74) is 1.21. The topological polar surface area (TPSA) is 24.9 Å². The van der Waals surface area contributed by atoms with Gasteiger partial charge in [-0.05, 0) is 36.8 Å². The second-order valence-electron chi connectivity index (χ2n) is 3.83. The average molecular weight is 279 g/mol. The van der Waals surface area contributed by atoms with E-state index < -0.39 is 0 Å². The Labute approximate surface area is 117 Å². The molecule has 4 heteroatoms. The number of rotatable bonds is 5. The number of pyridine rings is 1. The molecule has 1 N–H and O–H groups in total. The second-order valence-corrected chi connectivity index (χ2v) is 5.31. The molecule has 2 aromatic rings. The summed E-state index contributed by atoms with van der Waals surface area (Å²) in [4.78, 5) is 5.53. The molecule has 1 heterocycles. The van der Waals surface area contributed by atoms with Crippen molar-refractivity contribution in [3.8, 4) is 0 Å². The first-order valence-corrected chi connectivity index (χ1v) is 7.21. The van der Waals surface area contributed by atoms with Crippen LogP contribution >= 0.6 is 23.4 Å². The SMILES string of the molecule is CCNc1ccc(CSc2cccc(Cl)c2)cn1. The van der Waals surface area contributed by atoms with Crippen LogP contribution in [0.2, 0.25) is 5.02 Å². The first kappa shape index (κ1) is 13.2. The third-order valence-corrected chi connectivity index (χ3v) is 3.68. The van der Waals surface area contributed by atoms with E-state index in [4.69, 9.17) is 11.6 Å².